The average Bonchev–Trinajstić information content (AvgIpc) is 2.11. The van der Waals surface area contributed by atoms with Gasteiger partial charge in [-0.3, -0.25) is 0 Å². The van der Waals surface area contributed by atoms with Crippen LogP contribution in [0.25, 0.3) is 0 Å². The molecule has 0 atom stereocenters. The zero-order valence-electron chi connectivity index (χ0n) is 7.58. The predicted molar refractivity (Wildman–Crippen MR) is 54.4 cm³/mol. The maximum atomic E-state index is 5.66. The first-order valence-corrected chi connectivity index (χ1v) is 5.21. The molecule has 0 aromatic carbocycles. The van der Waals surface area contributed by atoms with E-state index >= 15 is 0 Å². The fourth-order valence-electron chi connectivity index (χ4n) is 0.774. The summed E-state index contributed by atoms with van der Waals surface area (Å²) in [6.45, 7) is 2.68. The lowest BCUT2D eigenvalue weighted by atomic mass is 10.4. The van der Waals surface area contributed by atoms with Gasteiger partial charge in [-0.05, 0) is 24.1 Å². The Hall–Kier alpha value is -0.320. The van der Waals surface area contributed by atoms with E-state index in [0.717, 1.165) is 16.3 Å². The second-order valence-corrected chi connectivity index (χ2v) is 3.89. The van der Waals surface area contributed by atoms with Crippen molar-refractivity contribution in [3.05, 3.63) is 17.0 Å². The molecule has 0 saturated carbocycles. The van der Waals surface area contributed by atoms with E-state index in [1.807, 2.05) is 6.92 Å². The summed E-state index contributed by atoms with van der Waals surface area (Å²) in [4.78, 5) is 7.98. The summed E-state index contributed by atoms with van der Waals surface area (Å²) < 4.78 is 4.94. The summed E-state index contributed by atoms with van der Waals surface area (Å²) in [5.74, 6) is 0.880. The fraction of sp³-hybridized carbons (Fsp3) is 0.500. The zero-order valence-corrected chi connectivity index (χ0v) is 9.15. The number of methoxy groups -OCH3 is 1. The van der Waals surface area contributed by atoms with Crippen molar-refractivity contribution in [3.8, 4) is 0 Å². The van der Waals surface area contributed by atoms with E-state index in [9.17, 15) is 0 Å². The molecule has 13 heavy (non-hydrogen) atoms. The molecule has 0 radical (unpaired) electrons. The van der Waals surface area contributed by atoms with Crippen molar-refractivity contribution in [2.75, 3.05) is 19.5 Å². The normalized spacial score (nSPS) is 10.4. The van der Waals surface area contributed by atoms with Gasteiger partial charge in [0.15, 0.2) is 0 Å². The minimum Gasteiger partial charge on any atom is -0.384 e. The number of halogens is 1. The number of rotatable bonds is 4. The highest BCUT2D eigenvalue weighted by molar-refractivity contribution is 7.99. The van der Waals surface area contributed by atoms with Crippen LogP contribution in [0, 0.1) is 6.92 Å². The molecule has 0 N–H and O–H groups in total. The number of ether oxygens (including phenoxy) is 1. The van der Waals surface area contributed by atoms with Crippen LogP contribution in [-0.4, -0.2) is 29.4 Å². The van der Waals surface area contributed by atoms with Crippen LogP contribution >= 0.6 is 23.4 Å². The number of hydrogen-bond acceptors (Lipinski definition) is 4. The monoisotopic (exact) mass is 218 g/mol. The van der Waals surface area contributed by atoms with Gasteiger partial charge in [0.2, 0.25) is 5.28 Å². The molecule has 0 aliphatic rings. The van der Waals surface area contributed by atoms with Gasteiger partial charge in [-0.2, -0.15) is 0 Å². The van der Waals surface area contributed by atoms with Gasteiger partial charge in [0, 0.05) is 19.1 Å². The minimum atomic E-state index is 0.297. The number of aromatic nitrogens is 2. The van der Waals surface area contributed by atoms with Gasteiger partial charge in [0.1, 0.15) is 5.03 Å². The van der Waals surface area contributed by atoms with Crippen LogP contribution in [0.15, 0.2) is 11.2 Å². The third-order valence-electron chi connectivity index (χ3n) is 1.42. The number of hydrogen-bond donors (Lipinski definition) is 0. The lowest BCUT2D eigenvalue weighted by Gasteiger charge is -2.03. The van der Waals surface area contributed by atoms with E-state index < -0.39 is 0 Å². The molecule has 0 bridgehead atoms. The standard InChI is InChI=1S/C8H11ClN2OS/c1-6-5-10-8(9)11-7(6)13-4-3-12-2/h5H,3-4H2,1-2H3. The maximum Gasteiger partial charge on any atom is 0.223 e. The summed E-state index contributed by atoms with van der Waals surface area (Å²) in [6.07, 6.45) is 1.73. The third kappa shape index (κ3) is 3.50. The Kier molecular flexibility index (Phi) is 4.48. The quantitative estimate of drug-likeness (QED) is 0.336. The van der Waals surface area contributed by atoms with Crippen LogP contribution in [0.4, 0.5) is 0 Å². The predicted octanol–water partition coefficient (Wildman–Crippen LogP) is 2.18. The first kappa shape index (κ1) is 10.8. The molecule has 0 fully saturated rings. The second-order valence-electron chi connectivity index (χ2n) is 2.47. The van der Waals surface area contributed by atoms with Crippen LogP contribution in [0.3, 0.4) is 0 Å². The molecule has 1 aromatic rings. The highest BCUT2D eigenvalue weighted by Gasteiger charge is 2.02. The van der Waals surface area contributed by atoms with Gasteiger partial charge in [-0.25, -0.2) is 9.97 Å². The molecule has 1 heterocycles. The minimum absolute atomic E-state index is 0.297. The van der Waals surface area contributed by atoms with Gasteiger partial charge < -0.3 is 4.74 Å². The lowest BCUT2D eigenvalue weighted by molar-refractivity contribution is 0.218. The second kappa shape index (κ2) is 5.42. The summed E-state index contributed by atoms with van der Waals surface area (Å²) in [7, 11) is 1.68. The molecule has 0 aliphatic heterocycles. The molecule has 0 amide bonds. The van der Waals surface area contributed by atoms with Crippen molar-refractivity contribution in [2.45, 2.75) is 11.9 Å². The van der Waals surface area contributed by atoms with E-state index in [2.05, 4.69) is 9.97 Å². The lowest BCUT2D eigenvalue weighted by Crippen LogP contribution is -1.95. The maximum absolute atomic E-state index is 5.66. The van der Waals surface area contributed by atoms with E-state index in [1.54, 1.807) is 25.1 Å². The van der Waals surface area contributed by atoms with Crippen LogP contribution in [0.2, 0.25) is 5.28 Å². The Morgan fingerprint density at radius 3 is 3.08 bits per heavy atom. The van der Waals surface area contributed by atoms with E-state index in [4.69, 9.17) is 16.3 Å². The van der Waals surface area contributed by atoms with Gasteiger partial charge in [-0.15, -0.1) is 11.8 Å². The van der Waals surface area contributed by atoms with Crippen LogP contribution < -0.4 is 0 Å². The molecule has 1 aromatic heterocycles. The van der Waals surface area contributed by atoms with Crippen LogP contribution in [0.1, 0.15) is 5.56 Å². The highest BCUT2D eigenvalue weighted by atomic mass is 35.5. The van der Waals surface area contributed by atoms with Gasteiger partial charge >= 0.3 is 0 Å². The first-order valence-electron chi connectivity index (χ1n) is 3.85. The molecule has 1 rings (SSSR count). The molecule has 5 heteroatoms. The van der Waals surface area contributed by atoms with Crippen molar-refractivity contribution >= 4 is 23.4 Å². The Labute approximate surface area is 86.9 Å². The van der Waals surface area contributed by atoms with E-state index in [0.29, 0.717) is 11.9 Å². The highest BCUT2D eigenvalue weighted by Crippen LogP contribution is 2.19. The summed E-state index contributed by atoms with van der Waals surface area (Å²) >= 11 is 7.29. The van der Waals surface area contributed by atoms with Crippen molar-refractivity contribution in [2.24, 2.45) is 0 Å². The summed E-state index contributed by atoms with van der Waals surface area (Å²) in [5, 5.41) is 1.22. The largest absolute Gasteiger partial charge is 0.384 e. The molecule has 0 aliphatic carbocycles. The van der Waals surface area contributed by atoms with Crippen molar-refractivity contribution in [1.82, 2.24) is 9.97 Å². The Morgan fingerprint density at radius 1 is 1.62 bits per heavy atom. The molecule has 0 saturated heterocycles. The molecule has 72 valence electrons. The van der Waals surface area contributed by atoms with Crippen LogP contribution in [0.5, 0.6) is 0 Å². The average molecular weight is 219 g/mol. The summed E-state index contributed by atoms with van der Waals surface area (Å²) in [6, 6.07) is 0. The number of thioether (sulfide) groups is 1. The Morgan fingerprint density at radius 2 is 2.38 bits per heavy atom. The Bertz CT molecular complexity index is 283. The van der Waals surface area contributed by atoms with Crippen LogP contribution in [-0.2, 0) is 4.74 Å². The van der Waals surface area contributed by atoms with Gasteiger partial charge in [0.05, 0.1) is 6.61 Å². The van der Waals surface area contributed by atoms with Crippen molar-refractivity contribution in [3.63, 3.8) is 0 Å². The molecule has 0 unspecified atom stereocenters. The third-order valence-corrected chi connectivity index (χ3v) is 2.66. The fourth-order valence-corrected chi connectivity index (χ4v) is 1.83. The molecular formula is C8H11ClN2OS. The summed E-state index contributed by atoms with van der Waals surface area (Å²) in [5.41, 5.74) is 1.05. The molecular weight excluding hydrogens is 208 g/mol. The van der Waals surface area contributed by atoms with E-state index in [1.165, 1.54) is 0 Å². The van der Waals surface area contributed by atoms with Crippen molar-refractivity contribution in [1.29, 1.82) is 0 Å². The zero-order chi connectivity index (χ0) is 9.68. The smallest absolute Gasteiger partial charge is 0.223 e. The topological polar surface area (TPSA) is 35.0 Å². The van der Waals surface area contributed by atoms with Gasteiger partial charge in [-0.1, -0.05) is 0 Å². The van der Waals surface area contributed by atoms with Gasteiger partial charge in [0.25, 0.3) is 0 Å². The van der Waals surface area contributed by atoms with Crippen molar-refractivity contribution < 1.29 is 4.74 Å². The SMILES string of the molecule is COCCSc1nc(Cl)ncc1C. The first-order chi connectivity index (χ1) is 6.24. The number of aryl methyl sites for hydroxylation is 1. The Balaban J connectivity index is 2.59. The molecule has 0 spiro atoms. The number of nitrogens with zero attached hydrogens (tertiary/aromatic N) is 2. The van der Waals surface area contributed by atoms with E-state index in [-0.39, 0.29) is 0 Å². The molecule has 3 nitrogen and oxygen atoms in total.